The number of nitriles is 1. The van der Waals surface area contributed by atoms with Crippen molar-refractivity contribution < 1.29 is 14.3 Å². The van der Waals surface area contributed by atoms with E-state index in [9.17, 15) is 10.1 Å². The van der Waals surface area contributed by atoms with Crippen LogP contribution >= 0.6 is 15.9 Å². The second kappa shape index (κ2) is 9.78. The van der Waals surface area contributed by atoms with Gasteiger partial charge >= 0.3 is 0 Å². The average Bonchev–Trinajstić information content (AvgIpc) is 2.82. The number of morpholine rings is 1. The molecule has 6 heteroatoms. The molecule has 4 rings (SSSR count). The van der Waals surface area contributed by atoms with E-state index in [1.165, 1.54) is 10.8 Å². The molecule has 0 spiro atoms. The Labute approximate surface area is 189 Å². The van der Waals surface area contributed by atoms with Gasteiger partial charge in [0.15, 0.2) is 0 Å². The molecule has 1 aliphatic rings. The molecule has 1 aliphatic heterocycles. The molecule has 1 saturated heterocycles. The summed E-state index contributed by atoms with van der Waals surface area (Å²) < 4.78 is 12.1. The number of halogens is 1. The van der Waals surface area contributed by atoms with Gasteiger partial charge in [-0.3, -0.25) is 4.79 Å². The van der Waals surface area contributed by atoms with Crippen LogP contribution in [0.25, 0.3) is 16.8 Å². The molecule has 3 aromatic carbocycles. The lowest BCUT2D eigenvalue weighted by Crippen LogP contribution is -2.41. The van der Waals surface area contributed by atoms with Crippen molar-refractivity contribution in [2.45, 2.75) is 6.61 Å². The summed E-state index contributed by atoms with van der Waals surface area (Å²) in [7, 11) is 0. The van der Waals surface area contributed by atoms with Crippen molar-refractivity contribution in [2.24, 2.45) is 0 Å². The molecule has 1 fully saturated rings. The van der Waals surface area contributed by atoms with Gasteiger partial charge in [-0.1, -0.05) is 48.5 Å². The molecule has 1 amide bonds. The SMILES string of the molecule is N#C/C(=C\c1ccc(OCc2cccc3ccccc23)c(Br)c1)C(=O)N1CCOCC1. The molecule has 5 nitrogen and oxygen atoms in total. The molecule has 0 aliphatic carbocycles. The second-order valence-corrected chi connectivity index (χ2v) is 8.05. The van der Waals surface area contributed by atoms with Crippen LogP contribution in [0.3, 0.4) is 0 Å². The maximum absolute atomic E-state index is 12.6. The van der Waals surface area contributed by atoms with Gasteiger partial charge in [0.05, 0.1) is 17.7 Å². The zero-order valence-electron chi connectivity index (χ0n) is 16.9. The van der Waals surface area contributed by atoms with Crippen LogP contribution < -0.4 is 4.74 Å². The van der Waals surface area contributed by atoms with Crippen molar-refractivity contribution in [1.29, 1.82) is 5.26 Å². The van der Waals surface area contributed by atoms with Gasteiger partial charge in [-0.25, -0.2) is 0 Å². The predicted octanol–water partition coefficient (Wildman–Crippen LogP) is 4.95. The van der Waals surface area contributed by atoms with Crippen molar-refractivity contribution in [2.75, 3.05) is 26.3 Å². The summed E-state index contributed by atoms with van der Waals surface area (Å²) in [5.74, 6) is 0.432. The minimum atomic E-state index is -0.266. The third kappa shape index (κ3) is 4.96. The molecular formula is C25H21BrN2O3. The highest BCUT2D eigenvalue weighted by molar-refractivity contribution is 9.10. The lowest BCUT2D eigenvalue weighted by Gasteiger charge is -2.26. The van der Waals surface area contributed by atoms with E-state index in [0.717, 1.165) is 15.6 Å². The van der Waals surface area contributed by atoms with Crippen molar-refractivity contribution >= 4 is 38.7 Å². The highest BCUT2D eigenvalue weighted by Gasteiger charge is 2.20. The summed E-state index contributed by atoms with van der Waals surface area (Å²) in [4.78, 5) is 14.2. The third-order valence-electron chi connectivity index (χ3n) is 5.18. The van der Waals surface area contributed by atoms with Gasteiger partial charge in [0.25, 0.3) is 5.91 Å². The van der Waals surface area contributed by atoms with E-state index in [1.807, 2.05) is 42.5 Å². The van der Waals surface area contributed by atoms with Crippen molar-refractivity contribution in [3.8, 4) is 11.8 Å². The smallest absolute Gasteiger partial charge is 0.264 e. The van der Waals surface area contributed by atoms with Crippen LogP contribution in [0.15, 0.2) is 70.7 Å². The topological polar surface area (TPSA) is 62.6 Å². The Bertz CT molecular complexity index is 1170. The molecule has 0 N–H and O–H groups in total. The van der Waals surface area contributed by atoms with Crippen molar-refractivity contribution in [3.63, 3.8) is 0 Å². The highest BCUT2D eigenvalue weighted by Crippen LogP contribution is 2.29. The second-order valence-electron chi connectivity index (χ2n) is 7.19. The maximum atomic E-state index is 12.6. The molecular weight excluding hydrogens is 456 g/mol. The summed E-state index contributed by atoms with van der Waals surface area (Å²) in [6.45, 7) is 2.44. The maximum Gasteiger partial charge on any atom is 0.264 e. The highest BCUT2D eigenvalue weighted by atomic mass is 79.9. The summed E-state index contributed by atoms with van der Waals surface area (Å²) in [6.07, 6.45) is 1.61. The predicted molar refractivity (Wildman–Crippen MR) is 123 cm³/mol. The number of rotatable bonds is 5. The number of benzene rings is 3. The van der Waals surface area contributed by atoms with E-state index in [0.29, 0.717) is 38.7 Å². The number of hydrogen-bond donors (Lipinski definition) is 0. The number of nitrogens with zero attached hydrogens (tertiary/aromatic N) is 2. The first-order chi connectivity index (χ1) is 15.2. The minimum absolute atomic E-state index is 0.109. The van der Waals surface area contributed by atoms with E-state index in [2.05, 4.69) is 40.2 Å². The van der Waals surface area contributed by atoms with E-state index in [4.69, 9.17) is 9.47 Å². The minimum Gasteiger partial charge on any atom is -0.488 e. The van der Waals surface area contributed by atoms with Gasteiger partial charge < -0.3 is 14.4 Å². The Morgan fingerprint density at radius 3 is 2.68 bits per heavy atom. The van der Waals surface area contributed by atoms with Crippen LogP contribution in [0.2, 0.25) is 0 Å². The lowest BCUT2D eigenvalue weighted by molar-refractivity contribution is -0.130. The zero-order chi connectivity index (χ0) is 21.6. The molecule has 3 aromatic rings. The van der Waals surface area contributed by atoms with E-state index >= 15 is 0 Å². The number of hydrogen-bond acceptors (Lipinski definition) is 4. The number of carbonyl (C=O) groups excluding carboxylic acids is 1. The fraction of sp³-hybridized carbons (Fsp3) is 0.200. The van der Waals surface area contributed by atoms with E-state index in [1.54, 1.807) is 11.0 Å². The van der Waals surface area contributed by atoms with Crippen molar-refractivity contribution in [3.05, 3.63) is 81.8 Å². The van der Waals surface area contributed by atoms with Crippen LogP contribution in [0.1, 0.15) is 11.1 Å². The quantitative estimate of drug-likeness (QED) is 0.386. The number of carbonyl (C=O) groups is 1. The Balaban J connectivity index is 1.49. The van der Waals surface area contributed by atoms with Crippen LogP contribution in [0, 0.1) is 11.3 Å². The molecule has 0 saturated carbocycles. The molecule has 156 valence electrons. The molecule has 0 unspecified atom stereocenters. The summed E-state index contributed by atoms with van der Waals surface area (Å²) in [5, 5.41) is 11.8. The van der Waals surface area contributed by atoms with Gasteiger partial charge in [0, 0.05) is 13.1 Å². The van der Waals surface area contributed by atoms with Gasteiger partial charge in [-0.15, -0.1) is 0 Å². The number of amides is 1. The van der Waals surface area contributed by atoms with Crippen LogP contribution in [-0.4, -0.2) is 37.1 Å². The van der Waals surface area contributed by atoms with Crippen LogP contribution in [0.5, 0.6) is 5.75 Å². The summed E-state index contributed by atoms with van der Waals surface area (Å²) in [5.41, 5.74) is 1.97. The Kier molecular flexibility index (Phi) is 6.66. The van der Waals surface area contributed by atoms with E-state index in [-0.39, 0.29) is 11.5 Å². The van der Waals surface area contributed by atoms with Crippen LogP contribution in [-0.2, 0) is 16.1 Å². The van der Waals surface area contributed by atoms with Crippen molar-refractivity contribution in [1.82, 2.24) is 4.90 Å². The van der Waals surface area contributed by atoms with Gasteiger partial charge in [0.1, 0.15) is 24.0 Å². The summed E-state index contributed by atoms with van der Waals surface area (Å²) in [6, 6.07) is 21.9. The fourth-order valence-electron chi connectivity index (χ4n) is 3.54. The molecule has 0 radical (unpaired) electrons. The number of fused-ring (bicyclic) bond motifs is 1. The van der Waals surface area contributed by atoms with Gasteiger partial charge in [-0.05, 0) is 56.0 Å². The average molecular weight is 477 g/mol. The first kappa shape index (κ1) is 21.1. The zero-order valence-corrected chi connectivity index (χ0v) is 18.5. The molecule has 1 heterocycles. The Morgan fingerprint density at radius 2 is 1.90 bits per heavy atom. The molecule has 0 aromatic heterocycles. The van der Waals surface area contributed by atoms with Gasteiger partial charge in [-0.2, -0.15) is 5.26 Å². The standard InChI is InChI=1S/C25H21BrN2O3/c26-23-15-18(14-21(16-27)25(29)28-10-12-30-13-11-28)8-9-24(23)31-17-20-6-3-5-19-4-1-2-7-22(19)20/h1-9,14-15H,10-13,17H2/b21-14+. The Hall–Kier alpha value is -3.14. The number of ether oxygens (including phenoxy) is 2. The fourth-order valence-corrected chi connectivity index (χ4v) is 4.05. The summed E-state index contributed by atoms with van der Waals surface area (Å²) >= 11 is 3.55. The lowest BCUT2D eigenvalue weighted by atomic mass is 10.1. The largest absolute Gasteiger partial charge is 0.488 e. The third-order valence-corrected chi connectivity index (χ3v) is 5.80. The molecule has 0 atom stereocenters. The first-order valence-corrected chi connectivity index (χ1v) is 10.8. The van der Waals surface area contributed by atoms with Crippen LogP contribution in [0.4, 0.5) is 0 Å². The normalized spacial score (nSPS) is 14.3. The van der Waals surface area contributed by atoms with E-state index < -0.39 is 0 Å². The first-order valence-electron chi connectivity index (χ1n) is 10.0. The van der Waals surface area contributed by atoms with Gasteiger partial charge in [0.2, 0.25) is 0 Å². The molecule has 31 heavy (non-hydrogen) atoms. The Morgan fingerprint density at radius 1 is 1.13 bits per heavy atom. The monoisotopic (exact) mass is 476 g/mol. The molecule has 0 bridgehead atoms.